The van der Waals surface area contributed by atoms with Gasteiger partial charge in [0.1, 0.15) is 11.2 Å². The van der Waals surface area contributed by atoms with E-state index < -0.39 is 0 Å². The third-order valence-electron chi connectivity index (χ3n) is 4.47. The van der Waals surface area contributed by atoms with Crippen molar-refractivity contribution in [2.45, 2.75) is 25.7 Å². The molecule has 0 aliphatic heterocycles. The van der Waals surface area contributed by atoms with Crippen LogP contribution in [-0.2, 0) is 17.6 Å². The monoisotopic (exact) mass is 366 g/mol. The second-order valence-corrected chi connectivity index (χ2v) is 7.18. The Labute approximate surface area is 154 Å². The van der Waals surface area contributed by atoms with E-state index in [0.717, 1.165) is 34.4 Å². The fourth-order valence-electron chi connectivity index (χ4n) is 3.17. The maximum atomic E-state index is 11.5. The SMILES string of the molecule is COC(=O)c1ccc(C=NNc2ncnc3sc4c(c23)CCCC4)cc1. The molecule has 2 aromatic heterocycles. The Hall–Kier alpha value is -2.80. The van der Waals surface area contributed by atoms with E-state index in [9.17, 15) is 4.79 Å². The van der Waals surface area contributed by atoms with Crippen molar-refractivity contribution in [2.75, 3.05) is 12.5 Å². The number of anilines is 1. The number of fused-ring (bicyclic) bond motifs is 3. The molecule has 0 saturated carbocycles. The van der Waals surface area contributed by atoms with Crippen molar-refractivity contribution in [2.24, 2.45) is 5.10 Å². The minimum atomic E-state index is -0.350. The molecule has 0 spiro atoms. The van der Waals surface area contributed by atoms with Crippen molar-refractivity contribution >= 4 is 39.6 Å². The molecule has 0 amide bonds. The number of hydrazone groups is 1. The molecular weight excluding hydrogens is 348 g/mol. The Morgan fingerprint density at radius 1 is 1.23 bits per heavy atom. The molecule has 1 aromatic carbocycles. The third-order valence-corrected chi connectivity index (χ3v) is 5.67. The van der Waals surface area contributed by atoms with Gasteiger partial charge < -0.3 is 4.74 Å². The number of aryl methyl sites for hydroxylation is 2. The van der Waals surface area contributed by atoms with E-state index in [-0.39, 0.29) is 5.97 Å². The fraction of sp³-hybridized carbons (Fsp3) is 0.263. The van der Waals surface area contributed by atoms with Crippen LogP contribution in [0.5, 0.6) is 0 Å². The van der Waals surface area contributed by atoms with Crippen molar-refractivity contribution in [3.05, 3.63) is 52.2 Å². The lowest BCUT2D eigenvalue weighted by Gasteiger charge is -2.11. The molecule has 0 saturated heterocycles. The molecule has 0 atom stereocenters. The van der Waals surface area contributed by atoms with E-state index in [1.54, 1.807) is 36.0 Å². The lowest BCUT2D eigenvalue weighted by Crippen LogP contribution is -2.01. The molecule has 3 aromatic rings. The first-order chi connectivity index (χ1) is 12.8. The normalized spacial score (nSPS) is 13.7. The van der Waals surface area contributed by atoms with Crippen LogP contribution in [0.1, 0.15) is 39.2 Å². The number of carbonyl (C=O) groups excluding carboxylic acids is 1. The van der Waals surface area contributed by atoms with Crippen LogP contribution in [0.25, 0.3) is 10.2 Å². The summed E-state index contributed by atoms with van der Waals surface area (Å²) < 4.78 is 4.70. The number of nitrogens with zero attached hydrogens (tertiary/aromatic N) is 3. The zero-order valence-electron chi connectivity index (χ0n) is 14.4. The van der Waals surface area contributed by atoms with Gasteiger partial charge in [0, 0.05) is 4.88 Å². The van der Waals surface area contributed by atoms with Crippen molar-refractivity contribution in [3.63, 3.8) is 0 Å². The number of esters is 1. The number of aromatic nitrogens is 2. The molecule has 4 rings (SSSR count). The van der Waals surface area contributed by atoms with Crippen LogP contribution in [0, 0.1) is 0 Å². The van der Waals surface area contributed by atoms with Crippen LogP contribution in [0.2, 0.25) is 0 Å². The van der Waals surface area contributed by atoms with Gasteiger partial charge in [0.2, 0.25) is 0 Å². The third kappa shape index (κ3) is 3.17. The standard InChI is InChI=1S/C19H18N4O2S/c1-25-19(24)13-8-6-12(7-9-13)10-22-23-17-16-14-4-2-3-5-15(14)26-18(16)21-11-20-17/h6-11H,2-5H2,1H3,(H,20,21,23). The lowest BCUT2D eigenvalue weighted by molar-refractivity contribution is 0.0600. The van der Waals surface area contributed by atoms with E-state index in [2.05, 4.69) is 20.5 Å². The molecule has 1 aliphatic rings. The second kappa shape index (κ2) is 7.21. The summed E-state index contributed by atoms with van der Waals surface area (Å²) in [5, 5.41) is 5.41. The number of carbonyl (C=O) groups is 1. The fourth-order valence-corrected chi connectivity index (χ4v) is 4.39. The van der Waals surface area contributed by atoms with Crippen LogP contribution in [-0.4, -0.2) is 29.3 Å². The van der Waals surface area contributed by atoms with Crippen LogP contribution in [0.15, 0.2) is 35.7 Å². The number of methoxy groups -OCH3 is 1. The largest absolute Gasteiger partial charge is 0.465 e. The Balaban J connectivity index is 1.55. The molecule has 1 aliphatic carbocycles. The molecule has 7 heteroatoms. The van der Waals surface area contributed by atoms with Crippen LogP contribution >= 0.6 is 11.3 Å². The number of hydrogen-bond acceptors (Lipinski definition) is 7. The first kappa shape index (κ1) is 16.7. The van der Waals surface area contributed by atoms with Crippen molar-refractivity contribution < 1.29 is 9.53 Å². The van der Waals surface area contributed by atoms with Crippen molar-refractivity contribution in [1.82, 2.24) is 9.97 Å². The van der Waals surface area contributed by atoms with Gasteiger partial charge in [0.05, 0.1) is 24.3 Å². The average Bonchev–Trinajstić information content (AvgIpc) is 3.07. The Morgan fingerprint density at radius 3 is 2.85 bits per heavy atom. The first-order valence-electron chi connectivity index (χ1n) is 8.49. The Morgan fingerprint density at radius 2 is 2.04 bits per heavy atom. The van der Waals surface area contributed by atoms with Crippen molar-refractivity contribution in [3.8, 4) is 0 Å². The molecule has 2 heterocycles. The number of nitrogens with one attached hydrogen (secondary N) is 1. The highest BCUT2D eigenvalue weighted by molar-refractivity contribution is 7.19. The summed E-state index contributed by atoms with van der Waals surface area (Å²) >= 11 is 1.76. The summed E-state index contributed by atoms with van der Waals surface area (Å²) in [7, 11) is 1.37. The maximum absolute atomic E-state index is 11.5. The first-order valence-corrected chi connectivity index (χ1v) is 9.30. The average molecular weight is 366 g/mol. The topological polar surface area (TPSA) is 76.5 Å². The highest BCUT2D eigenvalue weighted by atomic mass is 32.1. The molecule has 132 valence electrons. The molecule has 6 nitrogen and oxygen atoms in total. The number of hydrogen-bond donors (Lipinski definition) is 1. The van der Waals surface area contributed by atoms with Gasteiger partial charge in [-0.05, 0) is 48.9 Å². The summed E-state index contributed by atoms with van der Waals surface area (Å²) in [4.78, 5) is 22.7. The van der Waals surface area contributed by atoms with E-state index in [4.69, 9.17) is 4.74 Å². The highest BCUT2D eigenvalue weighted by Gasteiger charge is 2.19. The van der Waals surface area contributed by atoms with Crippen LogP contribution in [0.3, 0.4) is 0 Å². The molecule has 1 N–H and O–H groups in total. The predicted octanol–water partition coefficient (Wildman–Crippen LogP) is 3.80. The Kier molecular flexibility index (Phi) is 4.62. The molecule has 0 radical (unpaired) electrons. The van der Waals surface area contributed by atoms with Crippen LogP contribution in [0.4, 0.5) is 5.82 Å². The lowest BCUT2D eigenvalue weighted by atomic mass is 9.97. The number of ether oxygens (including phenoxy) is 1. The van der Waals surface area contributed by atoms with Crippen LogP contribution < -0.4 is 5.43 Å². The van der Waals surface area contributed by atoms with E-state index in [1.165, 1.54) is 30.4 Å². The van der Waals surface area contributed by atoms with Gasteiger partial charge in [-0.1, -0.05) is 12.1 Å². The number of thiophene rings is 1. The predicted molar refractivity (Wildman–Crippen MR) is 103 cm³/mol. The smallest absolute Gasteiger partial charge is 0.337 e. The van der Waals surface area contributed by atoms with Crippen molar-refractivity contribution in [1.29, 1.82) is 0 Å². The molecule has 0 unspecified atom stereocenters. The highest BCUT2D eigenvalue weighted by Crippen LogP contribution is 2.38. The molecule has 0 bridgehead atoms. The van der Waals surface area contributed by atoms with Gasteiger partial charge >= 0.3 is 5.97 Å². The summed E-state index contributed by atoms with van der Waals surface area (Å²) in [6.45, 7) is 0. The van der Waals surface area contributed by atoms with Gasteiger partial charge in [0.15, 0.2) is 5.82 Å². The quantitative estimate of drug-likeness (QED) is 0.432. The number of benzene rings is 1. The van der Waals surface area contributed by atoms with Gasteiger partial charge in [-0.3, -0.25) is 5.43 Å². The zero-order valence-corrected chi connectivity index (χ0v) is 15.2. The summed E-state index contributed by atoms with van der Waals surface area (Å²) in [5.74, 6) is 0.397. The minimum Gasteiger partial charge on any atom is -0.465 e. The summed E-state index contributed by atoms with van der Waals surface area (Å²) in [6, 6.07) is 7.07. The van der Waals surface area contributed by atoms with E-state index in [0.29, 0.717) is 5.56 Å². The number of rotatable bonds is 4. The molecule has 26 heavy (non-hydrogen) atoms. The zero-order chi connectivity index (χ0) is 17.9. The van der Waals surface area contributed by atoms with E-state index >= 15 is 0 Å². The minimum absolute atomic E-state index is 0.350. The van der Waals surface area contributed by atoms with Gasteiger partial charge in [0.25, 0.3) is 0 Å². The summed E-state index contributed by atoms with van der Waals surface area (Å²) in [6.07, 6.45) is 7.95. The second-order valence-electron chi connectivity index (χ2n) is 6.10. The Bertz CT molecular complexity index is 979. The molecular formula is C19H18N4O2S. The summed E-state index contributed by atoms with van der Waals surface area (Å²) in [5.41, 5.74) is 5.82. The molecule has 0 fully saturated rings. The maximum Gasteiger partial charge on any atom is 0.337 e. The van der Waals surface area contributed by atoms with E-state index in [1.807, 2.05) is 12.1 Å². The van der Waals surface area contributed by atoms with Gasteiger partial charge in [-0.15, -0.1) is 11.3 Å². The van der Waals surface area contributed by atoms with Gasteiger partial charge in [-0.25, -0.2) is 14.8 Å². The van der Waals surface area contributed by atoms with Gasteiger partial charge in [-0.2, -0.15) is 5.10 Å².